The normalized spacial score (nSPS) is 18.4. The van der Waals surface area contributed by atoms with E-state index in [1.807, 2.05) is 12.1 Å². The first-order valence-electron chi connectivity index (χ1n) is 9.83. The molecule has 1 aromatic carbocycles. The van der Waals surface area contributed by atoms with Gasteiger partial charge in [-0.15, -0.1) is 0 Å². The summed E-state index contributed by atoms with van der Waals surface area (Å²) in [6.07, 6.45) is 1.65. The highest BCUT2D eigenvalue weighted by atomic mass is 16.5. The summed E-state index contributed by atoms with van der Waals surface area (Å²) >= 11 is 0. The zero-order chi connectivity index (χ0) is 19.5. The molecule has 150 valence electrons. The van der Waals surface area contributed by atoms with Crippen LogP contribution in [0.2, 0.25) is 0 Å². The van der Waals surface area contributed by atoms with Crippen molar-refractivity contribution in [3.8, 4) is 5.75 Å². The second-order valence-corrected chi connectivity index (χ2v) is 7.40. The summed E-state index contributed by atoms with van der Waals surface area (Å²) in [7, 11) is 3.84. The number of methoxy groups -OCH3 is 1. The maximum absolute atomic E-state index is 6.51. The minimum atomic E-state index is 0.699. The number of anilines is 4. The van der Waals surface area contributed by atoms with Gasteiger partial charge in [-0.3, -0.25) is 0 Å². The fraction of sp³-hybridized carbons (Fsp3) is 0.500. The summed E-state index contributed by atoms with van der Waals surface area (Å²) in [5.74, 6) is 2.61. The lowest BCUT2D eigenvalue weighted by Crippen LogP contribution is -2.47. The molecule has 0 unspecified atom stereocenters. The molecule has 2 N–H and O–H groups in total. The lowest BCUT2D eigenvalue weighted by Gasteiger charge is -2.38. The number of piperazine rings is 2. The molecule has 2 fully saturated rings. The van der Waals surface area contributed by atoms with E-state index in [9.17, 15) is 0 Å². The molecule has 8 nitrogen and oxygen atoms in total. The Morgan fingerprint density at radius 3 is 1.82 bits per heavy atom. The number of nitrogen functional groups attached to an aromatic ring is 1. The van der Waals surface area contributed by atoms with Gasteiger partial charge in [0.15, 0.2) is 11.6 Å². The van der Waals surface area contributed by atoms with Gasteiger partial charge in [-0.25, -0.2) is 9.97 Å². The van der Waals surface area contributed by atoms with Crippen LogP contribution in [0.4, 0.5) is 23.0 Å². The third-order valence-corrected chi connectivity index (χ3v) is 5.66. The van der Waals surface area contributed by atoms with E-state index in [4.69, 9.17) is 10.5 Å². The Morgan fingerprint density at radius 1 is 0.786 bits per heavy atom. The first-order chi connectivity index (χ1) is 13.7. The monoisotopic (exact) mass is 383 g/mol. The summed E-state index contributed by atoms with van der Waals surface area (Å²) in [5, 5.41) is 0. The number of benzene rings is 1. The molecule has 0 bridgehead atoms. The predicted octanol–water partition coefficient (Wildman–Crippen LogP) is 1.15. The van der Waals surface area contributed by atoms with Crippen LogP contribution >= 0.6 is 0 Å². The van der Waals surface area contributed by atoms with Crippen LogP contribution in [0.25, 0.3) is 0 Å². The first-order valence-corrected chi connectivity index (χ1v) is 9.83. The fourth-order valence-electron chi connectivity index (χ4n) is 3.87. The van der Waals surface area contributed by atoms with Crippen LogP contribution < -0.4 is 25.2 Å². The Labute approximate surface area is 166 Å². The number of hydrogen-bond donors (Lipinski definition) is 1. The Bertz CT molecular complexity index is 782. The highest BCUT2D eigenvalue weighted by molar-refractivity contribution is 5.76. The van der Waals surface area contributed by atoms with E-state index in [2.05, 4.69) is 48.7 Å². The first kappa shape index (κ1) is 18.6. The number of rotatable bonds is 4. The number of ether oxygens (including phenoxy) is 1. The Hall–Kier alpha value is -2.74. The van der Waals surface area contributed by atoms with Gasteiger partial charge in [0.05, 0.1) is 7.11 Å². The molecule has 2 saturated heterocycles. The number of nitrogens with zero attached hydrogens (tertiary/aromatic N) is 6. The van der Waals surface area contributed by atoms with E-state index in [0.29, 0.717) is 5.69 Å². The highest BCUT2D eigenvalue weighted by Gasteiger charge is 2.24. The molecular formula is C20H29N7O. The van der Waals surface area contributed by atoms with E-state index in [1.54, 1.807) is 13.4 Å². The van der Waals surface area contributed by atoms with E-state index < -0.39 is 0 Å². The quantitative estimate of drug-likeness (QED) is 0.843. The second-order valence-electron chi connectivity index (χ2n) is 7.40. The van der Waals surface area contributed by atoms with Crippen molar-refractivity contribution in [2.75, 3.05) is 86.9 Å². The largest absolute Gasteiger partial charge is 0.497 e. The average Bonchev–Trinajstić information content (AvgIpc) is 2.75. The third-order valence-electron chi connectivity index (χ3n) is 5.66. The zero-order valence-electron chi connectivity index (χ0n) is 16.7. The van der Waals surface area contributed by atoms with Gasteiger partial charge in [0.25, 0.3) is 0 Å². The van der Waals surface area contributed by atoms with Crippen molar-refractivity contribution in [3.05, 3.63) is 30.6 Å². The van der Waals surface area contributed by atoms with Crippen LogP contribution in [0.5, 0.6) is 5.75 Å². The van der Waals surface area contributed by atoms with Gasteiger partial charge in [-0.05, 0) is 31.3 Å². The lowest BCUT2D eigenvalue weighted by atomic mass is 10.2. The molecule has 0 radical (unpaired) electrons. The molecule has 0 saturated carbocycles. The molecule has 4 rings (SSSR count). The molecule has 2 aliphatic rings. The van der Waals surface area contributed by atoms with Gasteiger partial charge in [0.1, 0.15) is 17.8 Å². The van der Waals surface area contributed by atoms with Gasteiger partial charge in [-0.2, -0.15) is 0 Å². The van der Waals surface area contributed by atoms with Crippen molar-refractivity contribution in [1.29, 1.82) is 0 Å². The molecule has 0 aliphatic carbocycles. The SMILES string of the molecule is COc1ccc(N2CCN(c3ncnc(N4CCN(C)CC4)c3N)CC2)cc1. The molecule has 2 aliphatic heterocycles. The summed E-state index contributed by atoms with van der Waals surface area (Å²) in [4.78, 5) is 18.3. The van der Waals surface area contributed by atoms with Crippen molar-refractivity contribution in [2.45, 2.75) is 0 Å². The minimum Gasteiger partial charge on any atom is -0.497 e. The van der Waals surface area contributed by atoms with Crippen LogP contribution in [0.1, 0.15) is 0 Å². The van der Waals surface area contributed by atoms with E-state index >= 15 is 0 Å². The molecule has 3 heterocycles. The van der Waals surface area contributed by atoms with E-state index in [1.165, 1.54) is 5.69 Å². The molecule has 8 heteroatoms. The van der Waals surface area contributed by atoms with Crippen molar-refractivity contribution >= 4 is 23.0 Å². The predicted molar refractivity (Wildman–Crippen MR) is 114 cm³/mol. The highest BCUT2D eigenvalue weighted by Crippen LogP contribution is 2.30. The molecule has 0 spiro atoms. The summed E-state index contributed by atoms with van der Waals surface area (Å²) < 4.78 is 5.25. The molecule has 28 heavy (non-hydrogen) atoms. The van der Waals surface area contributed by atoms with Gasteiger partial charge >= 0.3 is 0 Å². The second kappa shape index (κ2) is 8.10. The molecular weight excluding hydrogens is 354 g/mol. The average molecular weight is 384 g/mol. The van der Waals surface area contributed by atoms with Crippen molar-refractivity contribution in [1.82, 2.24) is 14.9 Å². The lowest BCUT2D eigenvalue weighted by molar-refractivity contribution is 0.312. The van der Waals surface area contributed by atoms with Crippen LogP contribution in [0.3, 0.4) is 0 Å². The molecule has 0 atom stereocenters. The number of nitrogens with two attached hydrogens (primary N) is 1. The van der Waals surface area contributed by atoms with E-state index in [-0.39, 0.29) is 0 Å². The Balaban J connectivity index is 1.43. The fourth-order valence-corrected chi connectivity index (χ4v) is 3.87. The van der Waals surface area contributed by atoms with Crippen LogP contribution in [-0.4, -0.2) is 81.4 Å². The maximum Gasteiger partial charge on any atom is 0.157 e. The van der Waals surface area contributed by atoms with Crippen molar-refractivity contribution < 1.29 is 4.74 Å². The van der Waals surface area contributed by atoms with Gasteiger partial charge in [0.2, 0.25) is 0 Å². The Morgan fingerprint density at radius 2 is 1.29 bits per heavy atom. The topological polar surface area (TPSA) is 74.0 Å². The van der Waals surface area contributed by atoms with Crippen LogP contribution in [0.15, 0.2) is 30.6 Å². The third kappa shape index (κ3) is 3.77. The van der Waals surface area contributed by atoms with Gasteiger partial charge < -0.3 is 30.1 Å². The number of aromatic nitrogens is 2. The molecule has 2 aromatic rings. The van der Waals surface area contributed by atoms with Crippen LogP contribution in [-0.2, 0) is 0 Å². The van der Waals surface area contributed by atoms with Gasteiger partial charge in [0, 0.05) is 58.0 Å². The minimum absolute atomic E-state index is 0.699. The van der Waals surface area contributed by atoms with E-state index in [0.717, 1.165) is 69.7 Å². The standard InChI is InChI=1S/C20H29N7O/c1-24-7-9-26(10-8-24)19-18(21)20(23-15-22-19)27-13-11-25(12-14-27)16-3-5-17(28-2)6-4-16/h3-6,15H,7-14,21H2,1-2H3. The maximum atomic E-state index is 6.51. The van der Waals surface area contributed by atoms with Gasteiger partial charge in [-0.1, -0.05) is 0 Å². The smallest absolute Gasteiger partial charge is 0.157 e. The molecule has 0 amide bonds. The van der Waals surface area contributed by atoms with Crippen molar-refractivity contribution in [3.63, 3.8) is 0 Å². The van der Waals surface area contributed by atoms with Crippen LogP contribution in [0, 0.1) is 0 Å². The zero-order valence-corrected chi connectivity index (χ0v) is 16.7. The Kier molecular flexibility index (Phi) is 5.38. The summed E-state index contributed by atoms with van der Waals surface area (Å²) in [5.41, 5.74) is 8.42. The number of likely N-dealkylation sites (N-methyl/N-ethyl adjacent to an activating group) is 1. The summed E-state index contributed by atoms with van der Waals surface area (Å²) in [6.45, 7) is 7.58. The summed E-state index contributed by atoms with van der Waals surface area (Å²) in [6, 6.07) is 8.23. The molecule has 1 aromatic heterocycles. The van der Waals surface area contributed by atoms with Crippen molar-refractivity contribution in [2.24, 2.45) is 0 Å². The number of hydrogen-bond acceptors (Lipinski definition) is 8.